The molecule has 0 saturated carbocycles. The maximum atomic E-state index is 9.64. The Balaban J connectivity index is 2.23. The average Bonchev–Trinajstić information content (AvgIpc) is 2.64. The Labute approximate surface area is 101 Å². The van der Waals surface area contributed by atoms with Crippen molar-refractivity contribution in [2.45, 2.75) is 32.9 Å². The van der Waals surface area contributed by atoms with Crippen molar-refractivity contribution >= 4 is 11.3 Å². The third-order valence-corrected chi connectivity index (χ3v) is 3.18. The fraction of sp³-hybridized carbons (Fsp3) is 0.583. The van der Waals surface area contributed by atoms with Crippen LogP contribution in [-0.2, 0) is 6.54 Å². The van der Waals surface area contributed by atoms with E-state index in [4.69, 9.17) is 5.26 Å². The van der Waals surface area contributed by atoms with E-state index in [1.165, 1.54) is 11.3 Å². The van der Waals surface area contributed by atoms with Crippen molar-refractivity contribution in [2.75, 3.05) is 6.54 Å². The zero-order valence-electron chi connectivity index (χ0n) is 9.73. The molecule has 0 radical (unpaired) electrons. The highest BCUT2D eigenvalue weighted by Gasteiger charge is 2.06. The van der Waals surface area contributed by atoms with E-state index in [1.54, 1.807) is 0 Å². The van der Waals surface area contributed by atoms with Crippen molar-refractivity contribution in [3.8, 4) is 6.07 Å². The summed E-state index contributed by atoms with van der Waals surface area (Å²) in [5.74, 6) is 0.517. The topological polar surface area (TPSA) is 56.0 Å². The van der Waals surface area contributed by atoms with Crippen LogP contribution in [-0.4, -0.2) is 17.8 Å². The summed E-state index contributed by atoms with van der Waals surface area (Å²) in [6.45, 7) is 5.53. The van der Waals surface area contributed by atoms with E-state index in [9.17, 15) is 5.11 Å². The molecule has 0 aliphatic carbocycles. The number of aliphatic hydroxyl groups is 1. The second kappa shape index (κ2) is 6.64. The number of hydrogen-bond acceptors (Lipinski definition) is 4. The number of nitrogens with zero attached hydrogens (tertiary/aromatic N) is 1. The first kappa shape index (κ1) is 13.2. The van der Waals surface area contributed by atoms with Crippen molar-refractivity contribution in [1.82, 2.24) is 5.32 Å². The molecule has 0 aromatic carbocycles. The van der Waals surface area contributed by atoms with Crippen LogP contribution in [0.3, 0.4) is 0 Å². The van der Waals surface area contributed by atoms with Crippen molar-refractivity contribution in [3.63, 3.8) is 0 Å². The Morgan fingerprint density at radius 2 is 2.25 bits per heavy atom. The largest absolute Gasteiger partial charge is 0.392 e. The van der Waals surface area contributed by atoms with Crippen LogP contribution in [0, 0.1) is 17.2 Å². The fourth-order valence-electron chi connectivity index (χ4n) is 1.52. The lowest BCUT2D eigenvalue weighted by atomic mass is 10.1. The Kier molecular flexibility index (Phi) is 5.47. The van der Waals surface area contributed by atoms with E-state index < -0.39 is 0 Å². The maximum absolute atomic E-state index is 9.64. The molecule has 1 atom stereocenters. The molecule has 1 aromatic heterocycles. The van der Waals surface area contributed by atoms with Gasteiger partial charge in [0.2, 0.25) is 0 Å². The molecule has 1 heterocycles. The minimum atomic E-state index is -0.282. The second-order valence-corrected chi connectivity index (χ2v) is 5.46. The normalized spacial score (nSPS) is 12.7. The lowest BCUT2D eigenvalue weighted by molar-refractivity contribution is 0.146. The van der Waals surface area contributed by atoms with Crippen molar-refractivity contribution in [2.24, 2.45) is 5.92 Å². The van der Waals surface area contributed by atoms with Gasteiger partial charge in [0.15, 0.2) is 0 Å². The maximum Gasteiger partial charge on any atom is 0.110 e. The highest BCUT2D eigenvalue weighted by molar-refractivity contribution is 7.12. The van der Waals surface area contributed by atoms with Crippen LogP contribution in [0.25, 0.3) is 0 Å². The van der Waals surface area contributed by atoms with Gasteiger partial charge in [-0.2, -0.15) is 5.26 Å². The van der Waals surface area contributed by atoms with Gasteiger partial charge in [-0.25, -0.2) is 0 Å². The molecular formula is C12H18N2OS. The molecule has 0 aliphatic rings. The number of rotatable bonds is 6. The Morgan fingerprint density at radius 1 is 1.50 bits per heavy atom. The van der Waals surface area contributed by atoms with Crippen LogP contribution in [0.4, 0.5) is 0 Å². The van der Waals surface area contributed by atoms with E-state index in [2.05, 4.69) is 25.2 Å². The molecule has 2 N–H and O–H groups in total. The smallest absolute Gasteiger partial charge is 0.110 e. The standard InChI is InChI=1S/C12H18N2OS/c1-9(2)5-10(15)7-14-8-12-4-3-11(6-13)16-12/h3-4,9-10,14-15H,5,7-8H2,1-2H3. The van der Waals surface area contributed by atoms with Crippen LogP contribution in [0.5, 0.6) is 0 Å². The van der Waals surface area contributed by atoms with E-state index in [0.717, 1.165) is 22.7 Å². The molecule has 0 amide bonds. The number of thiophene rings is 1. The van der Waals surface area contributed by atoms with Crippen molar-refractivity contribution in [1.29, 1.82) is 5.26 Å². The Morgan fingerprint density at radius 3 is 2.81 bits per heavy atom. The molecule has 4 heteroatoms. The predicted octanol–water partition coefficient (Wildman–Crippen LogP) is 2.12. The predicted molar refractivity (Wildman–Crippen MR) is 66.2 cm³/mol. The molecule has 1 rings (SSSR count). The summed E-state index contributed by atoms with van der Waals surface area (Å²) >= 11 is 1.49. The van der Waals surface area contributed by atoms with Gasteiger partial charge in [0.05, 0.1) is 6.10 Å². The summed E-state index contributed by atoms with van der Waals surface area (Å²) in [4.78, 5) is 1.87. The average molecular weight is 238 g/mol. The molecular weight excluding hydrogens is 220 g/mol. The first-order valence-electron chi connectivity index (χ1n) is 5.49. The number of nitrogens with one attached hydrogen (secondary N) is 1. The molecule has 3 nitrogen and oxygen atoms in total. The van der Waals surface area contributed by atoms with Crippen LogP contribution >= 0.6 is 11.3 Å². The lowest BCUT2D eigenvalue weighted by Crippen LogP contribution is -2.27. The summed E-state index contributed by atoms with van der Waals surface area (Å²) in [6, 6.07) is 5.89. The van der Waals surface area contributed by atoms with Gasteiger partial charge in [0.25, 0.3) is 0 Å². The SMILES string of the molecule is CC(C)CC(O)CNCc1ccc(C#N)s1. The second-order valence-electron chi connectivity index (χ2n) is 4.29. The van der Waals surface area contributed by atoms with Crippen molar-refractivity contribution in [3.05, 3.63) is 21.9 Å². The molecule has 16 heavy (non-hydrogen) atoms. The van der Waals surface area contributed by atoms with Crippen molar-refractivity contribution < 1.29 is 5.11 Å². The zero-order chi connectivity index (χ0) is 12.0. The number of aliphatic hydroxyl groups excluding tert-OH is 1. The molecule has 0 spiro atoms. The van der Waals surface area contributed by atoms with Crippen LogP contribution in [0.2, 0.25) is 0 Å². The summed E-state index contributed by atoms with van der Waals surface area (Å²) < 4.78 is 0. The summed E-state index contributed by atoms with van der Waals surface area (Å²) in [5.41, 5.74) is 0. The fourth-order valence-corrected chi connectivity index (χ4v) is 2.30. The van der Waals surface area contributed by atoms with Gasteiger partial charge in [0.1, 0.15) is 10.9 Å². The quantitative estimate of drug-likeness (QED) is 0.798. The molecule has 88 valence electrons. The van der Waals surface area contributed by atoms with Gasteiger partial charge in [-0.1, -0.05) is 13.8 Å². The zero-order valence-corrected chi connectivity index (χ0v) is 10.5. The van der Waals surface area contributed by atoms with Crippen LogP contribution < -0.4 is 5.32 Å². The van der Waals surface area contributed by atoms with Gasteiger partial charge in [-0.05, 0) is 24.5 Å². The minimum absolute atomic E-state index is 0.282. The van der Waals surface area contributed by atoms with Gasteiger partial charge in [0, 0.05) is 18.0 Å². The highest BCUT2D eigenvalue weighted by Crippen LogP contribution is 2.14. The minimum Gasteiger partial charge on any atom is -0.392 e. The monoisotopic (exact) mass is 238 g/mol. The van der Waals surface area contributed by atoms with Gasteiger partial charge in [-0.3, -0.25) is 0 Å². The first-order valence-corrected chi connectivity index (χ1v) is 6.31. The van der Waals surface area contributed by atoms with E-state index in [-0.39, 0.29) is 6.10 Å². The van der Waals surface area contributed by atoms with E-state index in [1.807, 2.05) is 12.1 Å². The van der Waals surface area contributed by atoms with E-state index in [0.29, 0.717) is 12.5 Å². The third-order valence-electron chi connectivity index (χ3n) is 2.19. The number of hydrogen-bond donors (Lipinski definition) is 2. The molecule has 0 fully saturated rings. The number of nitriles is 1. The van der Waals surface area contributed by atoms with Gasteiger partial charge in [-0.15, -0.1) is 11.3 Å². The first-order chi connectivity index (χ1) is 7.61. The highest BCUT2D eigenvalue weighted by atomic mass is 32.1. The Bertz CT molecular complexity index is 354. The third kappa shape index (κ3) is 4.75. The van der Waals surface area contributed by atoms with E-state index >= 15 is 0 Å². The molecule has 0 saturated heterocycles. The summed E-state index contributed by atoms with van der Waals surface area (Å²) in [5, 5.41) is 21.5. The van der Waals surface area contributed by atoms with Crippen LogP contribution in [0.1, 0.15) is 30.0 Å². The molecule has 0 bridgehead atoms. The van der Waals surface area contributed by atoms with Gasteiger partial charge >= 0.3 is 0 Å². The van der Waals surface area contributed by atoms with Gasteiger partial charge < -0.3 is 10.4 Å². The summed E-state index contributed by atoms with van der Waals surface area (Å²) in [7, 11) is 0. The molecule has 1 unspecified atom stereocenters. The van der Waals surface area contributed by atoms with Crippen LogP contribution in [0.15, 0.2) is 12.1 Å². The Hall–Kier alpha value is -0.890. The molecule has 0 aliphatic heterocycles. The molecule has 1 aromatic rings. The summed E-state index contributed by atoms with van der Waals surface area (Å²) in [6.07, 6.45) is 0.538. The lowest BCUT2D eigenvalue weighted by Gasteiger charge is -2.13.